The summed E-state index contributed by atoms with van der Waals surface area (Å²) in [5, 5.41) is 0.591. The summed E-state index contributed by atoms with van der Waals surface area (Å²) in [5.41, 5.74) is 0. The van der Waals surface area contributed by atoms with Gasteiger partial charge < -0.3 is 4.74 Å². The smallest absolute Gasteiger partial charge is 0.278 e. The van der Waals surface area contributed by atoms with Gasteiger partial charge in [-0.25, -0.2) is 4.98 Å². The average Bonchev–Trinajstić information content (AvgIpc) is 2.67. The molecule has 0 aliphatic rings. The summed E-state index contributed by atoms with van der Waals surface area (Å²) in [4.78, 5) is 8.99. The number of thiazole rings is 1. The van der Waals surface area contributed by atoms with Crippen LogP contribution in [-0.4, -0.2) is 9.97 Å². The van der Waals surface area contributed by atoms with Crippen molar-refractivity contribution >= 4 is 22.9 Å². The van der Waals surface area contributed by atoms with Gasteiger partial charge in [0.25, 0.3) is 5.19 Å². The summed E-state index contributed by atoms with van der Waals surface area (Å²) < 4.78 is 5.45. The van der Waals surface area contributed by atoms with E-state index in [1.165, 1.54) is 11.3 Å². The van der Waals surface area contributed by atoms with Gasteiger partial charge in [0.1, 0.15) is 5.75 Å². The number of nitrogens with zero attached hydrogens (tertiary/aromatic N) is 2. The van der Waals surface area contributed by atoms with E-state index in [-0.39, 0.29) is 0 Å². The Hall–Kier alpha value is -1.13. The number of rotatable bonds is 3. The lowest BCUT2D eigenvalue weighted by atomic mass is 10.5. The summed E-state index contributed by atoms with van der Waals surface area (Å²) in [5.74, 6) is 1.15. The Morgan fingerprint density at radius 2 is 2.36 bits per heavy atom. The minimum atomic E-state index is 0.466. The van der Waals surface area contributed by atoms with E-state index in [1.807, 2.05) is 12.1 Å². The zero-order chi connectivity index (χ0) is 9.80. The first-order chi connectivity index (χ1) is 6.88. The number of pyridine rings is 1. The molecule has 72 valence electrons. The Morgan fingerprint density at radius 1 is 1.43 bits per heavy atom. The zero-order valence-electron chi connectivity index (χ0n) is 7.18. The Labute approximate surface area is 90.3 Å². The molecule has 0 unspecified atom stereocenters. The molecule has 2 aromatic rings. The average molecular weight is 227 g/mol. The summed E-state index contributed by atoms with van der Waals surface area (Å²) in [6.07, 6.45) is 5.05. The molecule has 0 aliphatic heterocycles. The van der Waals surface area contributed by atoms with Crippen LogP contribution in [0.4, 0.5) is 0 Å². The first-order valence-corrected chi connectivity index (χ1v) is 5.32. The van der Waals surface area contributed by atoms with Crippen LogP contribution in [-0.2, 0) is 5.88 Å². The van der Waals surface area contributed by atoms with Gasteiger partial charge in [0.2, 0.25) is 0 Å². The summed E-state index contributed by atoms with van der Waals surface area (Å²) >= 11 is 7.08. The predicted octanol–water partition coefficient (Wildman–Crippen LogP) is 3.07. The number of hydrogen-bond donors (Lipinski definition) is 0. The van der Waals surface area contributed by atoms with Gasteiger partial charge in [-0.3, -0.25) is 4.98 Å². The summed E-state index contributed by atoms with van der Waals surface area (Å²) in [6.45, 7) is 0. The fourth-order valence-corrected chi connectivity index (χ4v) is 1.77. The van der Waals surface area contributed by atoms with Gasteiger partial charge in [0.05, 0.1) is 12.1 Å². The van der Waals surface area contributed by atoms with Crippen LogP contribution in [0, 0.1) is 0 Å². The van der Waals surface area contributed by atoms with Gasteiger partial charge in [-0.2, -0.15) is 0 Å². The minimum Gasteiger partial charge on any atom is -0.429 e. The summed E-state index contributed by atoms with van der Waals surface area (Å²) in [7, 11) is 0. The lowest BCUT2D eigenvalue weighted by Crippen LogP contribution is -1.82. The molecule has 0 fully saturated rings. The van der Waals surface area contributed by atoms with Gasteiger partial charge in [-0.15, -0.1) is 11.6 Å². The lowest BCUT2D eigenvalue weighted by molar-refractivity contribution is 0.476. The van der Waals surface area contributed by atoms with Gasteiger partial charge >= 0.3 is 0 Å². The molecule has 0 amide bonds. The van der Waals surface area contributed by atoms with Crippen molar-refractivity contribution in [2.45, 2.75) is 5.88 Å². The van der Waals surface area contributed by atoms with E-state index >= 15 is 0 Å². The lowest BCUT2D eigenvalue weighted by Gasteiger charge is -1.98. The zero-order valence-corrected chi connectivity index (χ0v) is 8.76. The van der Waals surface area contributed by atoms with Crippen molar-refractivity contribution < 1.29 is 4.74 Å². The van der Waals surface area contributed by atoms with E-state index in [9.17, 15) is 0 Å². The molecule has 0 atom stereocenters. The maximum absolute atomic E-state index is 5.65. The highest BCUT2D eigenvalue weighted by Crippen LogP contribution is 2.26. The molecule has 0 saturated heterocycles. The highest BCUT2D eigenvalue weighted by molar-refractivity contribution is 7.13. The van der Waals surface area contributed by atoms with Crippen LogP contribution in [0.25, 0.3) is 0 Å². The van der Waals surface area contributed by atoms with Crippen LogP contribution in [0.2, 0.25) is 0 Å². The third kappa shape index (κ3) is 2.21. The predicted molar refractivity (Wildman–Crippen MR) is 56.0 cm³/mol. The van der Waals surface area contributed by atoms with Crippen LogP contribution >= 0.6 is 22.9 Å². The molecule has 0 bridgehead atoms. The van der Waals surface area contributed by atoms with Crippen LogP contribution in [0.3, 0.4) is 0 Å². The largest absolute Gasteiger partial charge is 0.429 e. The molecule has 0 radical (unpaired) electrons. The van der Waals surface area contributed by atoms with Crippen molar-refractivity contribution in [3.05, 3.63) is 35.6 Å². The second kappa shape index (κ2) is 4.39. The van der Waals surface area contributed by atoms with Crippen LogP contribution in [0.1, 0.15) is 4.88 Å². The van der Waals surface area contributed by atoms with Gasteiger partial charge in [0, 0.05) is 17.3 Å². The fourth-order valence-electron chi connectivity index (χ4n) is 0.907. The van der Waals surface area contributed by atoms with Crippen molar-refractivity contribution in [3.8, 4) is 10.9 Å². The van der Waals surface area contributed by atoms with E-state index in [4.69, 9.17) is 16.3 Å². The minimum absolute atomic E-state index is 0.466. The Bertz CT molecular complexity index is 404. The second-order valence-corrected chi connectivity index (χ2v) is 3.86. The highest BCUT2D eigenvalue weighted by Gasteiger charge is 2.02. The molecule has 2 aromatic heterocycles. The monoisotopic (exact) mass is 226 g/mol. The quantitative estimate of drug-likeness (QED) is 0.755. The third-order valence-electron chi connectivity index (χ3n) is 1.50. The first-order valence-electron chi connectivity index (χ1n) is 3.97. The maximum atomic E-state index is 5.65. The Kier molecular flexibility index (Phi) is 2.96. The highest BCUT2D eigenvalue weighted by atomic mass is 35.5. The topological polar surface area (TPSA) is 35.0 Å². The van der Waals surface area contributed by atoms with Crippen molar-refractivity contribution in [1.29, 1.82) is 0 Å². The van der Waals surface area contributed by atoms with Crippen molar-refractivity contribution in [2.75, 3.05) is 0 Å². The first kappa shape index (κ1) is 9.43. The van der Waals surface area contributed by atoms with E-state index in [0.29, 0.717) is 16.8 Å². The van der Waals surface area contributed by atoms with Crippen molar-refractivity contribution in [3.63, 3.8) is 0 Å². The van der Waals surface area contributed by atoms with Crippen LogP contribution < -0.4 is 4.74 Å². The molecule has 0 saturated carbocycles. The molecule has 0 N–H and O–H groups in total. The van der Waals surface area contributed by atoms with E-state index < -0.39 is 0 Å². The number of hydrogen-bond acceptors (Lipinski definition) is 4. The SMILES string of the molecule is ClCc1cnc(Oc2cccnc2)s1. The molecule has 5 heteroatoms. The molecule has 3 nitrogen and oxygen atoms in total. The van der Waals surface area contributed by atoms with E-state index in [0.717, 1.165) is 4.88 Å². The van der Waals surface area contributed by atoms with Crippen LogP contribution in [0.5, 0.6) is 10.9 Å². The number of alkyl halides is 1. The molecule has 0 aliphatic carbocycles. The molecule has 0 aromatic carbocycles. The molecule has 2 rings (SSSR count). The molecular weight excluding hydrogens is 220 g/mol. The molecule has 2 heterocycles. The van der Waals surface area contributed by atoms with Gasteiger partial charge in [-0.1, -0.05) is 11.3 Å². The molecular formula is C9H7ClN2OS. The normalized spacial score (nSPS) is 10.1. The van der Waals surface area contributed by atoms with Gasteiger partial charge in [0.15, 0.2) is 0 Å². The van der Waals surface area contributed by atoms with Gasteiger partial charge in [-0.05, 0) is 12.1 Å². The Balaban J connectivity index is 2.11. The number of aromatic nitrogens is 2. The fraction of sp³-hybridized carbons (Fsp3) is 0.111. The number of ether oxygens (including phenoxy) is 1. The maximum Gasteiger partial charge on any atom is 0.278 e. The Morgan fingerprint density at radius 3 is 3.00 bits per heavy atom. The van der Waals surface area contributed by atoms with Crippen molar-refractivity contribution in [2.24, 2.45) is 0 Å². The van der Waals surface area contributed by atoms with E-state index in [1.54, 1.807) is 18.6 Å². The second-order valence-electron chi connectivity index (χ2n) is 2.52. The molecule has 0 spiro atoms. The van der Waals surface area contributed by atoms with Crippen LogP contribution in [0.15, 0.2) is 30.7 Å². The third-order valence-corrected chi connectivity index (χ3v) is 2.83. The van der Waals surface area contributed by atoms with Crippen molar-refractivity contribution in [1.82, 2.24) is 9.97 Å². The molecule has 14 heavy (non-hydrogen) atoms. The number of halogens is 1. The van der Waals surface area contributed by atoms with E-state index in [2.05, 4.69) is 9.97 Å². The standard InChI is InChI=1S/C9H7ClN2OS/c10-4-8-6-12-9(14-8)13-7-2-1-3-11-5-7/h1-3,5-6H,4H2. The summed E-state index contributed by atoms with van der Waals surface area (Å²) in [6, 6.07) is 3.64.